The van der Waals surface area contributed by atoms with Gasteiger partial charge in [-0.2, -0.15) is 0 Å². The fraction of sp³-hybridized carbons (Fsp3) is 0.250. The molecule has 0 spiro atoms. The lowest BCUT2D eigenvalue weighted by Crippen LogP contribution is -1.95. The maximum absolute atomic E-state index is 4.28. The van der Waals surface area contributed by atoms with Crippen molar-refractivity contribution in [1.82, 2.24) is 14.4 Å². The predicted octanol–water partition coefficient (Wildman–Crippen LogP) is 2.11. The Labute approximate surface area is 78.6 Å². The van der Waals surface area contributed by atoms with Crippen molar-refractivity contribution in [3.8, 4) is 0 Å². The van der Waals surface area contributed by atoms with Crippen LogP contribution in [0.4, 0.5) is 0 Å². The number of aromatic nitrogens is 3. The normalized spacial score (nSPS) is 10.9. The first-order chi connectivity index (χ1) is 5.68. The molecule has 0 amide bonds. The number of hydrogen-bond donors (Lipinski definition) is 0. The summed E-state index contributed by atoms with van der Waals surface area (Å²) in [5, 5.41) is 0. The van der Waals surface area contributed by atoms with Gasteiger partial charge < -0.3 is 0 Å². The summed E-state index contributed by atoms with van der Waals surface area (Å²) in [6, 6.07) is 2.03. The number of halogens is 1. The molecule has 62 valence electrons. The summed E-state index contributed by atoms with van der Waals surface area (Å²) in [7, 11) is 0. The van der Waals surface area contributed by atoms with Gasteiger partial charge in [-0.1, -0.05) is 0 Å². The topological polar surface area (TPSA) is 30.2 Å². The molecule has 4 heteroatoms. The van der Waals surface area contributed by atoms with Gasteiger partial charge in [-0.3, -0.25) is 4.40 Å². The molecular weight excluding hydrogens is 218 g/mol. The molecule has 0 aliphatic heterocycles. The van der Waals surface area contributed by atoms with Gasteiger partial charge in [-0.15, -0.1) is 0 Å². The van der Waals surface area contributed by atoms with Crippen LogP contribution in [0.5, 0.6) is 0 Å². The van der Waals surface area contributed by atoms with E-state index in [-0.39, 0.29) is 0 Å². The van der Waals surface area contributed by atoms with E-state index in [1.54, 1.807) is 6.20 Å². The van der Waals surface area contributed by atoms with E-state index >= 15 is 0 Å². The van der Waals surface area contributed by atoms with E-state index in [1.807, 2.05) is 24.3 Å². The summed E-state index contributed by atoms with van der Waals surface area (Å²) in [6.07, 6.45) is 1.76. The number of imidazole rings is 1. The molecular formula is C8H8BrN3. The second kappa shape index (κ2) is 2.55. The van der Waals surface area contributed by atoms with Gasteiger partial charge in [0.1, 0.15) is 4.60 Å². The fourth-order valence-electron chi connectivity index (χ4n) is 1.28. The van der Waals surface area contributed by atoms with E-state index < -0.39 is 0 Å². The van der Waals surface area contributed by atoms with Crippen LogP contribution in [-0.2, 0) is 0 Å². The Hall–Kier alpha value is -0.900. The summed E-state index contributed by atoms with van der Waals surface area (Å²) >= 11 is 3.40. The van der Waals surface area contributed by atoms with E-state index in [2.05, 4.69) is 25.9 Å². The lowest BCUT2D eigenvalue weighted by Gasteiger charge is -2.00. The van der Waals surface area contributed by atoms with Gasteiger partial charge in [0.2, 0.25) is 5.78 Å². The molecule has 0 N–H and O–H groups in total. The van der Waals surface area contributed by atoms with Gasteiger partial charge in [0.05, 0.1) is 6.20 Å². The summed E-state index contributed by atoms with van der Waals surface area (Å²) in [5.74, 6) is 0.749. The SMILES string of the molecule is Cc1cc(C)n2c(Br)cnc2n1. The second-order valence-electron chi connectivity index (χ2n) is 2.76. The minimum absolute atomic E-state index is 0.749. The van der Waals surface area contributed by atoms with Crippen LogP contribution >= 0.6 is 15.9 Å². The molecule has 0 atom stereocenters. The van der Waals surface area contributed by atoms with Gasteiger partial charge >= 0.3 is 0 Å². The largest absolute Gasteiger partial charge is 0.275 e. The van der Waals surface area contributed by atoms with E-state index in [1.165, 1.54) is 0 Å². The second-order valence-corrected chi connectivity index (χ2v) is 3.57. The van der Waals surface area contributed by atoms with E-state index in [0.717, 1.165) is 21.8 Å². The molecule has 2 heterocycles. The molecule has 0 radical (unpaired) electrons. The van der Waals surface area contributed by atoms with Crippen molar-refractivity contribution in [3.63, 3.8) is 0 Å². The molecule has 0 aliphatic carbocycles. The zero-order chi connectivity index (χ0) is 8.72. The summed E-state index contributed by atoms with van der Waals surface area (Å²) in [6.45, 7) is 4.00. The van der Waals surface area contributed by atoms with Crippen molar-refractivity contribution in [1.29, 1.82) is 0 Å². The number of rotatable bonds is 0. The van der Waals surface area contributed by atoms with Crippen molar-refractivity contribution >= 4 is 21.7 Å². The van der Waals surface area contributed by atoms with Crippen LogP contribution in [-0.4, -0.2) is 14.4 Å². The first-order valence-corrected chi connectivity index (χ1v) is 4.45. The van der Waals surface area contributed by atoms with Gasteiger partial charge in [-0.05, 0) is 35.8 Å². The van der Waals surface area contributed by atoms with Crippen molar-refractivity contribution in [2.24, 2.45) is 0 Å². The van der Waals surface area contributed by atoms with Gasteiger partial charge in [-0.25, -0.2) is 9.97 Å². The molecule has 2 aromatic heterocycles. The number of fused-ring (bicyclic) bond motifs is 1. The van der Waals surface area contributed by atoms with Gasteiger partial charge in [0.25, 0.3) is 0 Å². The minimum Gasteiger partial charge on any atom is -0.275 e. The number of hydrogen-bond acceptors (Lipinski definition) is 2. The van der Waals surface area contributed by atoms with Crippen molar-refractivity contribution in [3.05, 3.63) is 28.3 Å². The number of aryl methyl sites for hydroxylation is 2. The quantitative estimate of drug-likeness (QED) is 0.688. The lowest BCUT2D eigenvalue weighted by molar-refractivity contribution is 0.997. The Morgan fingerprint density at radius 2 is 2.17 bits per heavy atom. The van der Waals surface area contributed by atoms with Crippen molar-refractivity contribution in [2.45, 2.75) is 13.8 Å². The molecule has 0 unspecified atom stereocenters. The first-order valence-electron chi connectivity index (χ1n) is 3.65. The fourth-order valence-corrected chi connectivity index (χ4v) is 1.82. The zero-order valence-electron chi connectivity index (χ0n) is 6.87. The highest BCUT2D eigenvalue weighted by molar-refractivity contribution is 9.10. The first kappa shape index (κ1) is 7.73. The predicted molar refractivity (Wildman–Crippen MR) is 50.2 cm³/mol. The molecule has 3 nitrogen and oxygen atoms in total. The Morgan fingerprint density at radius 1 is 1.42 bits per heavy atom. The minimum atomic E-state index is 0.749. The van der Waals surface area contributed by atoms with Crippen molar-refractivity contribution < 1.29 is 0 Å². The van der Waals surface area contributed by atoms with Crippen LogP contribution in [0.1, 0.15) is 11.4 Å². The van der Waals surface area contributed by atoms with Crippen LogP contribution in [0.25, 0.3) is 5.78 Å². The lowest BCUT2D eigenvalue weighted by atomic mass is 10.3. The summed E-state index contributed by atoms with van der Waals surface area (Å²) < 4.78 is 2.91. The molecule has 2 aromatic rings. The molecule has 12 heavy (non-hydrogen) atoms. The van der Waals surface area contributed by atoms with Gasteiger partial charge in [0, 0.05) is 11.4 Å². The summed E-state index contributed by atoms with van der Waals surface area (Å²) in [4.78, 5) is 8.42. The third-order valence-electron chi connectivity index (χ3n) is 1.75. The monoisotopic (exact) mass is 225 g/mol. The van der Waals surface area contributed by atoms with Crippen LogP contribution in [0.2, 0.25) is 0 Å². The third kappa shape index (κ3) is 1.03. The molecule has 2 rings (SSSR count). The van der Waals surface area contributed by atoms with E-state index in [9.17, 15) is 0 Å². The van der Waals surface area contributed by atoms with Crippen molar-refractivity contribution in [2.75, 3.05) is 0 Å². The zero-order valence-corrected chi connectivity index (χ0v) is 8.46. The highest BCUT2D eigenvalue weighted by Gasteiger charge is 2.03. The molecule has 0 aromatic carbocycles. The standard InChI is InChI=1S/C8H8BrN3/c1-5-3-6(2)12-7(9)4-10-8(12)11-5/h3-4H,1-2H3. The molecule has 0 fully saturated rings. The third-order valence-corrected chi connectivity index (χ3v) is 2.31. The Balaban J connectivity index is 2.93. The highest BCUT2D eigenvalue weighted by atomic mass is 79.9. The van der Waals surface area contributed by atoms with Crippen LogP contribution in [0.3, 0.4) is 0 Å². The van der Waals surface area contributed by atoms with Crippen LogP contribution in [0.15, 0.2) is 16.9 Å². The van der Waals surface area contributed by atoms with Gasteiger partial charge in [0.15, 0.2) is 0 Å². The van der Waals surface area contributed by atoms with E-state index in [0.29, 0.717) is 0 Å². The maximum Gasteiger partial charge on any atom is 0.235 e. The molecule has 0 aliphatic rings. The Morgan fingerprint density at radius 3 is 2.92 bits per heavy atom. The highest BCUT2D eigenvalue weighted by Crippen LogP contribution is 2.14. The Bertz CT molecular complexity index is 433. The van der Waals surface area contributed by atoms with E-state index in [4.69, 9.17) is 0 Å². The Kier molecular flexibility index (Phi) is 1.65. The average Bonchev–Trinajstić information content (AvgIpc) is 2.31. The van der Waals surface area contributed by atoms with Crippen LogP contribution in [0, 0.1) is 13.8 Å². The maximum atomic E-state index is 4.28. The molecule has 0 saturated carbocycles. The molecule has 0 bridgehead atoms. The molecule has 0 saturated heterocycles. The van der Waals surface area contributed by atoms with Crippen LogP contribution < -0.4 is 0 Å². The average molecular weight is 226 g/mol. The number of nitrogens with zero attached hydrogens (tertiary/aromatic N) is 3. The smallest absolute Gasteiger partial charge is 0.235 e. The summed E-state index contributed by atoms with van der Waals surface area (Å²) in [5.41, 5.74) is 2.14.